The van der Waals surface area contributed by atoms with Crippen LogP contribution in [0, 0.1) is 10.1 Å². The maximum atomic E-state index is 11.4. The van der Waals surface area contributed by atoms with E-state index >= 15 is 0 Å². The number of benzene rings is 1. The second-order valence-electron chi connectivity index (χ2n) is 3.88. The number of non-ortho nitro benzene ring substituents is 1. The molecule has 0 bridgehead atoms. The summed E-state index contributed by atoms with van der Waals surface area (Å²) in [5.41, 5.74) is 0.503. The lowest BCUT2D eigenvalue weighted by molar-refractivity contribution is -0.385. The fourth-order valence-electron chi connectivity index (χ4n) is 1.26. The van der Waals surface area contributed by atoms with E-state index in [0.717, 1.165) is 17.7 Å². The first-order valence-electron chi connectivity index (χ1n) is 5.22. The fourth-order valence-corrected chi connectivity index (χ4v) is 2.25. The van der Waals surface area contributed by atoms with Crippen molar-refractivity contribution in [3.05, 3.63) is 40.5 Å². The van der Waals surface area contributed by atoms with Gasteiger partial charge < -0.3 is 4.74 Å². The third kappa shape index (κ3) is 4.53. The number of hydrogen-bond acceptors (Lipinski definition) is 5. The predicted octanol–water partition coefficient (Wildman–Crippen LogP) is 2.87. The van der Waals surface area contributed by atoms with Gasteiger partial charge >= 0.3 is 0 Å². The molecule has 0 heterocycles. The number of nitro groups is 1. The van der Waals surface area contributed by atoms with E-state index in [1.54, 1.807) is 6.92 Å². The Morgan fingerprint density at radius 3 is 2.63 bits per heavy atom. The van der Waals surface area contributed by atoms with E-state index in [0.29, 0.717) is 6.42 Å². The average Bonchev–Trinajstić information content (AvgIpc) is 2.27. The highest BCUT2D eigenvalue weighted by Crippen LogP contribution is 2.30. The molecule has 1 aromatic carbocycles. The molecular formula is C11H12ClNO5S. The SMILES string of the molecule is C=C(C)CCOc1ccc([N+](=O)[O-])cc1S(=O)(=O)Cl. The van der Waals surface area contributed by atoms with Crippen molar-refractivity contribution in [1.82, 2.24) is 0 Å². The first-order valence-corrected chi connectivity index (χ1v) is 7.53. The van der Waals surface area contributed by atoms with Crippen molar-refractivity contribution >= 4 is 25.4 Å². The quantitative estimate of drug-likeness (QED) is 0.349. The molecule has 0 aliphatic rings. The highest BCUT2D eigenvalue weighted by molar-refractivity contribution is 8.13. The van der Waals surface area contributed by atoms with Crippen LogP contribution in [0.3, 0.4) is 0 Å². The number of ether oxygens (including phenoxy) is 1. The summed E-state index contributed by atoms with van der Waals surface area (Å²) in [5, 5.41) is 10.6. The van der Waals surface area contributed by atoms with Gasteiger partial charge in [0.1, 0.15) is 10.6 Å². The molecule has 0 atom stereocenters. The van der Waals surface area contributed by atoms with Gasteiger partial charge in [0.2, 0.25) is 0 Å². The molecule has 0 fully saturated rings. The molecule has 0 saturated carbocycles. The molecule has 0 aliphatic heterocycles. The van der Waals surface area contributed by atoms with Gasteiger partial charge in [-0.1, -0.05) is 5.57 Å². The molecule has 0 amide bonds. The van der Waals surface area contributed by atoms with Crippen molar-refractivity contribution in [2.75, 3.05) is 6.61 Å². The Morgan fingerprint density at radius 1 is 1.53 bits per heavy atom. The van der Waals surface area contributed by atoms with Crippen molar-refractivity contribution in [2.24, 2.45) is 0 Å². The first-order chi connectivity index (χ1) is 8.71. The van der Waals surface area contributed by atoms with Crippen LogP contribution in [0.2, 0.25) is 0 Å². The molecule has 0 saturated heterocycles. The highest BCUT2D eigenvalue weighted by Gasteiger charge is 2.21. The molecule has 0 spiro atoms. The van der Waals surface area contributed by atoms with Gasteiger partial charge in [-0.2, -0.15) is 0 Å². The fraction of sp³-hybridized carbons (Fsp3) is 0.273. The van der Waals surface area contributed by atoms with Crippen LogP contribution in [0.4, 0.5) is 5.69 Å². The molecule has 0 aliphatic carbocycles. The molecule has 104 valence electrons. The van der Waals surface area contributed by atoms with Gasteiger partial charge in [-0.15, -0.1) is 6.58 Å². The summed E-state index contributed by atoms with van der Waals surface area (Å²) < 4.78 is 28.0. The van der Waals surface area contributed by atoms with Crippen LogP contribution in [0.5, 0.6) is 5.75 Å². The zero-order chi connectivity index (χ0) is 14.6. The van der Waals surface area contributed by atoms with Crippen molar-refractivity contribution < 1.29 is 18.1 Å². The molecule has 0 unspecified atom stereocenters. The van der Waals surface area contributed by atoms with Gasteiger partial charge in [0.15, 0.2) is 0 Å². The molecule has 1 aromatic rings. The Kier molecular flexibility index (Phi) is 4.90. The Balaban J connectivity index is 3.10. The average molecular weight is 306 g/mol. The zero-order valence-electron chi connectivity index (χ0n) is 10.1. The van der Waals surface area contributed by atoms with Crippen LogP contribution < -0.4 is 4.74 Å². The Hall–Kier alpha value is -1.60. The van der Waals surface area contributed by atoms with Crippen LogP contribution in [-0.2, 0) is 9.05 Å². The normalized spacial score (nSPS) is 11.1. The molecule has 6 nitrogen and oxygen atoms in total. The van der Waals surface area contributed by atoms with E-state index in [1.807, 2.05) is 0 Å². The van der Waals surface area contributed by atoms with Crippen molar-refractivity contribution in [2.45, 2.75) is 18.2 Å². The van der Waals surface area contributed by atoms with Crippen LogP contribution >= 0.6 is 10.7 Å². The summed E-state index contributed by atoms with van der Waals surface area (Å²) in [4.78, 5) is 9.49. The standard InChI is InChI=1S/C11H12ClNO5S/c1-8(2)5-6-18-10-4-3-9(13(14)15)7-11(10)19(12,16)17/h3-4,7H,1,5-6H2,2H3. The van der Waals surface area contributed by atoms with Crippen molar-refractivity contribution in [1.29, 1.82) is 0 Å². The van der Waals surface area contributed by atoms with Crippen molar-refractivity contribution in [3.8, 4) is 5.75 Å². The lowest BCUT2D eigenvalue weighted by atomic mass is 10.2. The maximum absolute atomic E-state index is 11.4. The van der Waals surface area contributed by atoms with Crippen molar-refractivity contribution in [3.63, 3.8) is 0 Å². The molecular weight excluding hydrogens is 294 g/mol. The smallest absolute Gasteiger partial charge is 0.271 e. The zero-order valence-corrected chi connectivity index (χ0v) is 11.7. The Labute approximate surface area is 115 Å². The summed E-state index contributed by atoms with van der Waals surface area (Å²) >= 11 is 0. The van der Waals surface area contributed by atoms with Crippen LogP contribution in [-0.4, -0.2) is 19.9 Å². The van der Waals surface area contributed by atoms with Gasteiger partial charge in [0.25, 0.3) is 14.7 Å². The molecule has 0 radical (unpaired) electrons. The molecule has 0 N–H and O–H groups in total. The van der Waals surface area contributed by atoms with Gasteiger partial charge in [-0.05, 0) is 13.0 Å². The summed E-state index contributed by atoms with van der Waals surface area (Å²) in [6.45, 7) is 5.70. The maximum Gasteiger partial charge on any atom is 0.271 e. The van der Waals surface area contributed by atoms with E-state index in [1.165, 1.54) is 6.07 Å². The highest BCUT2D eigenvalue weighted by atomic mass is 35.7. The number of halogens is 1. The molecule has 0 aromatic heterocycles. The monoisotopic (exact) mass is 305 g/mol. The molecule has 8 heteroatoms. The Morgan fingerprint density at radius 2 is 2.16 bits per heavy atom. The first kappa shape index (κ1) is 15.5. The third-order valence-electron chi connectivity index (χ3n) is 2.19. The van der Waals surface area contributed by atoms with E-state index < -0.39 is 18.9 Å². The minimum atomic E-state index is -4.12. The van der Waals surface area contributed by atoms with E-state index in [2.05, 4.69) is 6.58 Å². The third-order valence-corrected chi connectivity index (χ3v) is 3.53. The van der Waals surface area contributed by atoms with E-state index in [-0.39, 0.29) is 18.0 Å². The van der Waals surface area contributed by atoms with Crippen LogP contribution in [0.15, 0.2) is 35.2 Å². The summed E-state index contributed by atoms with van der Waals surface area (Å²) in [5.74, 6) is -0.0122. The number of rotatable bonds is 6. The van der Waals surface area contributed by atoms with Gasteiger partial charge in [-0.3, -0.25) is 10.1 Å². The Bertz CT molecular complexity index is 612. The number of nitro benzene ring substituents is 1. The summed E-state index contributed by atoms with van der Waals surface area (Å²) in [6, 6.07) is 3.24. The predicted molar refractivity (Wildman–Crippen MR) is 71.1 cm³/mol. The number of nitrogens with zero attached hydrogens (tertiary/aromatic N) is 1. The van der Waals surface area contributed by atoms with Gasteiger partial charge in [0.05, 0.1) is 11.5 Å². The van der Waals surface area contributed by atoms with Gasteiger partial charge in [-0.25, -0.2) is 8.42 Å². The second-order valence-corrected chi connectivity index (χ2v) is 6.42. The minimum absolute atomic E-state index is 0.0122. The molecule has 1 rings (SSSR count). The molecule has 19 heavy (non-hydrogen) atoms. The van der Waals surface area contributed by atoms with Gasteiger partial charge in [0, 0.05) is 29.2 Å². The second kappa shape index (κ2) is 6.03. The van der Waals surface area contributed by atoms with E-state index in [4.69, 9.17) is 15.4 Å². The topological polar surface area (TPSA) is 86.5 Å². The van der Waals surface area contributed by atoms with Crippen LogP contribution in [0.25, 0.3) is 0 Å². The summed E-state index contributed by atoms with van der Waals surface area (Å²) in [6.07, 6.45) is 0.540. The van der Waals surface area contributed by atoms with Crippen LogP contribution in [0.1, 0.15) is 13.3 Å². The van der Waals surface area contributed by atoms with E-state index in [9.17, 15) is 18.5 Å². The lowest BCUT2D eigenvalue weighted by Crippen LogP contribution is -2.03. The number of hydrogen-bond donors (Lipinski definition) is 0. The minimum Gasteiger partial charge on any atom is -0.492 e. The summed E-state index contributed by atoms with van der Waals surface area (Å²) in [7, 11) is 1.11. The largest absolute Gasteiger partial charge is 0.492 e. The lowest BCUT2D eigenvalue weighted by Gasteiger charge is -2.09.